The molecule has 0 aliphatic carbocycles. The number of aliphatic imine (C=N–C) groups is 1. The average Bonchev–Trinajstić information content (AvgIpc) is 2.79. The van der Waals surface area contributed by atoms with Crippen LogP contribution in [0, 0.1) is 0 Å². The first kappa shape index (κ1) is 24.6. The number of hydrogen-bond donors (Lipinski definition) is 1. The normalized spacial score (nSPS) is 18.7. The molecule has 0 spiro atoms. The van der Waals surface area contributed by atoms with Gasteiger partial charge in [0.15, 0.2) is 0 Å². The van der Waals surface area contributed by atoms with Crippen molar-refractivity contribution in [3.8, 4) is 5.75 Å². The first-order valence-electron chi connectivity index (χ1n) is 10.6. The van der Waals surface area contributed by atoms with Gasteiger partial charge >= 0.3 is 0 Å². The van der Waals surface area contributed by atoms with Crippen molar-refractivity contribution in [2.75, 3.05) is 24.5 Å². The van der Waals surface area contributed by atoms with E-state index in [-0.39, 0.29) is 42.3 Å². The number of ether oxygens (including phenoxy) is 1. The lowest BCUT2D eigenvalue weighted by atomic mass is 10.1. The van der Waals surface area contributed by atoms with Gasteiger partial charge < -0.3 is 15.0 Å². The Morgan fingerprint density at radius 1 is 1.21 bits per heavy atom. The van der Waals surface area contributed by atoms with Crippen LogP contribution in [0.4, 0.5) is 5.69 Å². The zero-order valence-corrected chi connectivity index (χ0v) is 22.0. The van der Waals surface area contributed by atoms with Crippen LogP contribution in [0.2, 0.25) is 5.02 Å². The first-order chi connectivity index (χ1) is 16.1. The topological polar surface area (TPSA) is 91.3 Å². The molecule has 0 aromatic heterocycles. The van der Waals surface area contributed by atoms with Crippen LogP contribution in [0.25, 0.3) is 0 Å². The molecule has 0 bridgehead atoms. The summed E-state index contributed by atoms with van der Waals surface area (Å²) in [5.41, 5.74) is 1.33. The second kappa shape index (κ2) is 9.59. The number of hydrogen-bond acceptors (Lipinski definition) is 5. The highest BCUT2D eigenvalue weighted by molar-refractivity contribution is 9.10. The van der Waals surface area contributed by atoms with Crippen molar-refractivity contribution in [1.29, 1.82) is 0 Å². The standard InChI is InChI=1S/C23H24BrClN4O4S/c1-14(2)26-23-27-20-13-28(22(30)15-4-9-18(24)19(25)12-15)11-10-21(20)34(31,32)29(23)16-5-7-17(33-3)8-6-16/h4-9,12,14H,10-11,13H2,1-3H3,(H,26,27). The fourth-order valence-corrected chi connectivity index (χ4v) is 5.99. The van der Waals surface area contributed by atoms with Gasteiger partial charge in [-0.05, 0) is 72.2 Å². The van der Waals surface area contributed by atoms with Crippen molar-refractivity contribution in [3.05, 3.63) is 68.1 Å². The van der Waals surface area contributed by atoms with E-state index in [2.05, 4.69) is 26.2 Å². The number of carbonyl (C=O) groups is 1. The van der Waals surface area contributed by atoms with Crippen LogP contribution in [0.15, 0.2) is 62.5 Å². The van der Waals surface area contributed by atoms with Crippen LogP contribution in [0.3, 0.4) is 0 Å². The van der Waals surface area contributed by atoms with Crippen molar-refractivity contribution < 1.29 is 17.9 Å². The molecular weight excluding hydrogens is 544 g/mol. The van der Waals surface area contributed by atoms with Gasteiger partial charge in [0.1, 0.15) is 5.75 Å². The molecule has 1 amide bonds. The predicted octanol–water partition coefficient (Wildman–Crippen LogP) is 4.37. The number of methoxy groups -OCH3 is 1. The Labute approximate surface area is 212 Å². The zero-order chi connectivity index (χ0) is 24.6. The fraction of sp³-hybridized carbons (Fsp3) is 0.304. The molecule has 0 atom stereocenters. The van der Waals surface area contributed by atoms with Gasteiger partial charge in [-0.25, -0.2) is 17.7 Å². The molecule has 2 aliphatic rings. The van der Waals surface area contributed by atoms with Gasteiger partial charge in [0.2, 0.25) is 5.96 Å². The maximum Gasteiger partial charge on any atom is 0.269 e. The monoisotopic (exact) mass is 566 g/mol. The highest BCUT2D eigenvalue weighted by atomic mass is 79.9. The van der Waals surface area contributed by atoms with Crippen LogP contribution in [0.5, 0.6) is 5.75 Å². The van der Waals surface area contributed by atoms with Crippen LogP contribution in [0.1, 0.15) is 30.6 Å². The quantitative estimate of drug-likeness (QED) is 0.592. The minimum absolute atomic E-state index is 0.120. The molecule has 8 nitrogen and oxygen atoms in total. The van der Waals surface area contributed by atoms with E-state index in [9.17, 15) is 13.2 Å². The Balaban J connectivity index is 1.70. The SMILES string of the molecule is COc1ccc(N2C(=NC(C)C)NC3=C(CCN(C(=O)c4ccc(Br)c(Cl)c4)C3)S2(=O)=O)cc1. The molecule has 2 aromatic carbocycles. The smallest absolute Gasteiger partial charge is 0.269 e. The van der Waals surface area contributed by atoms with Crippen LogP contribution in [-0.4, -0.2) is 51.4 Å². The number of amides is 1. The summed E-state index contributed by atoms with van der Waals surface area (Å²) in [6.07, 6.45) is 0.183. The lowest BCUT2D eigenvalue weighted by Crippen LogP contribution is -2.54. The molecule has 0 saturated heterocycles. The van der Waals surface area contributed by atoms with E-state index in [1.165, 1.54) is 4.31 Å². The number of anilines is 1. The fourth-order valence-electron chi connectivity index (χ4n) is 3.84. The highest BCUT2D eigenvalue weighted by Crippen LogP contribution is 2.34. The number of rotatable bonds is 4. The van der Waals surface area contributed by atoms with Gasteiger partial charge in [-0.3, -0.25) is 4.79 Å². The van der Waals surface area contributed by atoms with Gasteiger partial charge in [0, 0.05) is 29.0 Å². The number of carbonyl (C=O) groups excluding carboxylic acids is 1. The predicted molar refractivity (Wildman–Crippen MR) is 137 cm³/mol. The minimum Gasteiger partial charge on any atom is -0.497 e. The van der Waals surface area contributed by atoms with E-state index in [0.29, 0.717) is 32.2 Å². The van der Waals surface area contributed by atoms with E-state index in [4.69, 9.17) is 16.3 Å². The van der Waals surface area contributed by atoms with Crippen molar-refractivity contribution in [2.24, 2.45) is 4.99 Å². The number of nitrogens with one attached hydrogen (secondary N) is 1. The Kier molecular flexibility index (Phi) is 6.93. The summed E-state index contributed by atoms with van der Waals surface area (Å²) < 4.78 is 34.5. The number of benzene rings is 2. The summed E-state index contributed by atoms with van der Waals surface area (Å²) in [4.78, 5) is 19.5. The molecule has 0 unspecified atom stereocenters. The van der Waals surface area contributed by atoms with Gasteiger partial charge in [0.25, 0.3) is 15.9 Å². The number of sulfonamides is 1. The van der Waals surface area contributed by atoms with Crippen molar-refractivity contribution in [1.82, 2.24) is 10.2 Å². The Morgan fingerprint density at radius 3 is 2.53 bits per heavy atom. The third kappa shape index (κ3) is 4.67. The highest BCUT2D eigenvalue weighted by Gasteiger charge is 2.41. The van der Waals surface area contributed by atoms with Crippen molar-refractivity contribution in [2.45, 2.75) is 26.3 Å². The molecule has 0 fully saturated rings. The molecule has 180 valence electrons. The molecule has 4 rings (SSSR count). The second-order valence-corrected chi connectivity index (χ2v) is 11.2. The van der Waals surface area contributed by atoms with E-state index in [1.54, 1.807) is 54.5 Å². The van der Waals surface area contributed by atoms with E-state index >= 15 is 0 Å². The zero-order valence-electron chi connectivity index (χ0n) is 18.9. The average molecular weight is 568 g/mol. The molecule has 0 radical (unpaired) electrons. The summed E-state index contributed by atoms with van der Waals surface area (Å²) in [5.74, 6) is 0.591. The molecule has 34 heavy (non-hydrogen) atoms. The van der Waals surface area contributed by atoms with Gasteiger partial charge in [-0.1, -0.05) is 11.6 Å². The third-order valence-corrected chi connectivity index (χ3v) is 8.61. The Morgan fingerprint density at radius 2 is 1.91 bits per heavy atom. The van der Waals surface area contributed by atoms with Crippen molar-refractivity contribution in [3.63, 3.8) is 0 Å². The van der Waals surface area contributed by atoms with Crippen LogP contribution >= 0.6 is 27.5 Å². The summed E-state index contributed by atoms with van der Waals surface area (Å²) in [6.45, 7) is 4.12. The van der Waals surface area contributed by atoms with Crippen LogP contribution in [-0.2, 0) is 10.0 Å². The maximum atomic E-state index is 13.7. The molecule has 1 N–H and O–H groups in total. The third-order valence-electron chi connectivity index (χ3n) is 5.44. The van der Waals surface area contributed by atoms with E-state index < -0.39 is 10.0 Å². The molecule has 2 aliphatic heterocycles. The van der Waals surface area contributed by atoms with E-state index in [0.717, 1.165) is 0 Å². The minimum atomic E-state index is -3.90. The van der Waals surface area contributed by atoms with Crippen molar-refractivity contribution >= 4 is 55.1 Å². The number of nitrogens with zero attached hydrogens (tertiary/aromatic N) is 3. The lowest BCUT2D eigenvalue weighted by molar-refractivity contribution is 0.0762. The van der Waals surface area contributed by atoms with Gasteiger partial charge in [0.05, 0.1) is 35.0 Å². The molecule has 2 heterocycles. The molecule has 2 aromatic rings. The summed E-state index contributed by atoms with van der Waals surface area (Å²) in [5, 5.41) is 3.63. The van der Waals surface area contributed by atoms with Gasteiger partial charge in [-0.2, -0.15) is 0 Å². The van der Waals surface area contributed by atoms with Crippen LogP contribution < -0.4 is 14.4 Å². The Hall–Kier alpha value is -2.56. The molecular formula is C23H24BrClN4O4S. The molecule has 0 saturated carbocycles. The maximum absolute atomic E-state index is 13.7. The molecule has 11 heteroatoms. The largest absolute Gasteiger partial charge is 0.497 e. The summed E-state index contributed by atoms with van der Waals surface area (Å²) >= 11 is 9.48. The number of halogens is 2. The lowest BCUT2D eigenvalue weighted by Gasteiger charge is -2.39. The second-order valence-electron chi connectivity index (χ2n) is 8.15. The van der Waals surface area contributed by atoms with Gasteiger partial charge in [-0.15, -0.1) is 0 Å². The number of guanidine groups is 1. The first-order valence-corrected chi connectivity index (χ1v) is 13.2. The Bertz CT molecular complexity index is 1290. The van der Waals surface area contributed by atoms with E-state index in [1.807, 2.05) is 13.8 Å². The summed E-state index contributed by atoms with van der Waals surface area (Å²) in [7, 11) is -2.35. The summed E-state index contributed by atoms with van der Waals surface area (Å²) in [6, 6.07) is 11.6.